The van der Waals surface area contributed by atoms with Crippen LogP contribution in [0.3, 0.4) is 0 Å². The average Bonchev–Trinajstić information content (AvgIpc) is 2.61. The molecule has 2 aromatic heterocycles. The summed E-state index contributed by atoms with van der Waals surface area (Å²) in [6.45, 7) is 12.6. The van der Waals surface area contributed by atoms with Crippen LogP contribution in [0.4, 0.5) is 0 Å². The molecule has 0 atom stereocenters. The third kappa shape index (κ3) is 5.30. The summed E-state index contributed by atoms with van der Waals surface area (Å²) >= 11 is 0. The van der Waals surface area contributed by atoms with E-state index in [0.29, 0.717) is 5.52 Å². The minimum Gasteiger partial charge on any atom is -0.506 e. The number of aromatic nitrogens is 2. The number of fused-ring (bicyclic) bond motifs is 1. The fraction of sp³-hybridized carbons (Fsp3) is 0.500. The quantitative estimate of drug-likeness (QED) is 0.611. The van der Waals surface area contributed by atoms with Gasteiger partial charge in [0.05, 0.1) is 0 Å². The van der Waals surface area contributed by atoms with Crippen molar-refractivity contribution in [2.75, 3.05) is 0 Å². The van der Waals surface area contributed by atoms with Crippen molar-refractivity contribution >= 4 is 11.1 Å². The molecule has 0 saturated heterocycles. The fourth-order valence-corrected chi connectivity index (χ4v) is 1.10. The van der Waals surface area contributed by atoms with Crippen LogP contribution < -0.4 is 0 Å². The van der Waals surface area contributed by atoms with Crippen LogP contribution in [-0.4, -0.2) is 9.97 Å². The summed E-state index contributed by atoms with van der Waals surface area (Å²) in [5, 5.41) is 0. The Bertz CT molecular complexity index is 469. The summed E-state index contributed by atoms with van der Waals surface area (Å²) in [5.41, 5.74) is 2.43. The number of oxazole rings is 1. The van der Waals surface area contributed by atoms with Crippen molar-refractivity contribution < 1.29 is 25.5 Å². The SMILES string of the molecule is CC(C)(C)c1cc2ocnc2[c-]n1.C[C-](C)C.[W+2]. The fourth-order valence-electron chi connectivity index (χ4n) is 1.10. The Balaban J connectivity index is 0.000000512. The first-order chi connectivity index (χ1) is 7.80. The maximum absolute atomic E-state index is 5.17. The van der Waals surface area contributed by atoms with Gasteiger partial charge in [-0.3, -0.25) is 0 Å². The minimum absolute atomic E-state index is 0. The molecule has 0 spiro atoms. The van der Waals surface area contributed by atoms with Gasteiger partial charge in [-0.05, 0) is 11.6 Å². The smallest absolute Gasteiger partial charge is 0.506 e. The van der Waals surface area contributed by atoms with Crippen molar-refractivity contribution in [2.24, 2.45) is 0 Å². The Labute approximate surface area is 124 Å². The topological polar surface area (TPSA) is 38.9 Å². The largest absolute Gasteiger partial charge is 2.00 e. The molecule has 0 fully saturated rings. The van der Waals surface area contributed by atoms with Crippen LogP contribution in [0, 0.1) is 12.1 Å². The van der Waals surface area contributed by atoms with Gasteiger partial charge in [-0.1, -0.05) is 26.5 Å². The second kappa shape index (κ2) is 7.03. The van der Waals surface area contributed by atoms with E-state index < -0.39 is 0 Å². The van der Waals surface area contributed by atoms with Gasteiger partial charge in [0.2, 0.25) is 0 Å². The Morgan fingerprint density at radius 2 is 1.78 bits per heavy atom. The van der Waals surface area contributed by atoms with E-state index in [1.807, 2.05) is 6.07 Å². The van der Waals surface area contributed by atoms with E-state index in [9.17, 15) is 0 Å². The molecule has 2 heterocycles. The molecule has 0 N–H and O–H groups in total. The van der Waals surface area contributed by atoms with Gasteiger partial charge in [-0.15, -0.1) is 6.07 Å². The molecule has 98 valence electrons. The normalized spacial score (nSPS) is 10.8. The summed E-state index contributed by atoms with van der Waals surface area (Å²) < 4.78 is 5.17. The molecular formula is C14H20N2OW. The Kier molecular flexibility index (Phi) is 6.76. The molecule has 0 aliphatic carbocycles. The van der Waals surface area contributed by atoms with E-state index in [0.717, 1.165) is 11.3 Å². The third-order valence-corrected chi connectivity index (χ3v) is 1.91. The van der Waals surface area contributed by atoms with Crippen molar-refractivity contribution in [3.05, 3.63) is 30.3 Å². The molecule has 0 radical (unpaired) electrons. The standard InChI is InChI=1S/C10H11N2O.C4H9.W/c1-10(2,3)9-4-8-7(5-11-9)12-6-13-8;1-4(2)3;/h4,6H,1-3H3;1-3H3;/q2*-1;+2. The molecule has 3 nitrogen and oxygen atoms in total. The molecule has 0 aliphatic rings. The van der Waals surface area contributed by atoms with E-state index in [1.165, 1.54) is 12.3 Å². The van der Waals surface area contributed by atoms with Crippen molar-refractivity contribution in [2.45, 2.75) is 47.0 Å². The second-order valence-electron chi connectivity index (χ2n) is 5.57. The summed E-state index contributed by atoms with van der Waals surface area (Å²) in [6.07, 6.45) is 4.26. The van der Waals surface area contributed by atoms with Crippen LogP contribution in [0.15, 0.2) is 16.9 Å². The van der Waals surface area contributed by atoms with Gasteiger partial charge in [-0.25, -0.2) is 4.98 Å². The van der Waals surface area contributed by atoms with Crippen LogP contribution in [0.5, 0.6) is 0 Å². The van der Waals surface area contributed by atoms with Gasteiger partial charge in [0.15, 0.2) is 6.39 Å². The zero-order valence-corrected chi connectivity index (χ0v) is 14.8. The maximum Gasteiger partial charge on any atom is 2.00 e. The zero-order chi connectivity index (χ0) is 13.1. The summed E-state index contributed by atoms with van der Waals surface area (Å²) in [5.74, 6) is 1.42. The molecule has 0 aliphatic heterocycles. The molecular weight excluding hydrogens is 396 g/mol. The average molecular weight is 416 g/mol. The number of nitrogens with zero attached hydrogens (tertiary/aromatic N) is 2. The Morgan fingerprint density at radius 3 is 2.28 bits per heavy atom. The first-order valence-corrected chi connectivity index (χ1v) is 5.70. The summed E-state index contributed by atoms with van der Waals surface area (Å²) in [7, 11) is 0. The maximum atomic E-state index is 5.17. The monoisotopic (exact) mass is 416 g/mol. The van der Waals surface area contributed by atoms with E-state index in [2.05, 4.69) is 57.7 Å². The van der Waals surface area contributed by atoms with Crippen molar-refractivity contribution in [3.8, 4) is 0 Å². The minimum atomic E-state index is 0. The van der Waals surface area contributed by atoms with Crippen LogP contribution in [0.2, 0.25) is 0 Å². The van der Waals surface area contributed by atoms with Gasteiger partial charge < -0.3 is 15.3 Å². The van der Waals surface area contributed by atoms with Crippen LogP contribution in [0.1, 0.15) is 47.2 Å². The molecule has 2 aromatic rings. The van der Waals surface area contributed by atoms with Crippen molar-refractivity contribution in [1.82, 2.24) is 9.97 Å². The van der Waals surface area contributed by atoms with Crippen LogP contribution >= 0.6 is 0 Å². The van der Waals surface area contributed by atoms with Crippen molar-refractivity contribution in [3.63, 3.8) is 0 Å². The predicted molar refractivity (Wildman–Crippen MR) is 69.6 cm³/mol. The van der Waals surface area contributed by atoms with Gasteiger partial charge in [-0.2, -0.15) is 20.8 Å². The second-order valence-corrected chi connectivity index (χ2v) is 5.57. The Morgan fingerprint density at radius 1 is 1.22 bits per heavy atom. The van der Waals surface area contributed by atoms with Crippen LogP contribution in [-0.2, 0) is 26.5 Å². The number of hydrogen-bond acceptors (Lipinski definition) is 3. The first-order valence-electron chi connectivity index (χ1n) is 5.70. The number of rotatable bonds is 0. The van der Waals surface area contributed by atoms with Gasteiger partial charge in [0.1, 0.15) is 0 Å². The van der Waals surface area contributed by atoms with Gasteiger partial charge in [0, 0.05) is 11.1 Å². The molecule has 4 heteroatoms. The zero-order valence-electron chi connectivity index (χ0n) is 11.9. The molecule has 0 bridgehead atoms. The van der Waals surface area contributed by atoms with E-state index in [1.54, 1.807) is 0 Å². The predicted octanol–water partition coefficient (Wildman–Crippen LogP) is 3.94. The first kappa shape index (κ1) is 17.3. The molecule has 0 saturated carbocycles. The molecule has 0 amide bonds. The summed E-state index contributed by atoms with van der Waals surface area (Å²) in [4.78, 5) is 8.16. The van der Waals surface area contributed by atoms with E-state index in [4.69, 9.17) is 4.42 Å². The van der Waals surface area contributed by atoms with Crippen molar-refractivity contribution in [1.29, 1.82) is 0 Å². The third-order valence-electron chi connectivity index (χ3n) is 1.91. The molecule has 0 aromatic carbocycles. The van der Waals surface area contributed by atoms with Gasteiger partial charge >= 0.3 is 21.1 Å². The molecule has 2 rings (SSSR count). The number of hydrogen-bond donors (Lipinski definition) is 0. The summed E-state index contributed by atoms with van der Waals surface area (Å²) in [6, 6.07) is 1.92. The van der Waals surface area contributed by atoms with E-state index >= 15 is 0 Å². The van der Waals surface area contributed by atoms with E-state index in [-0.39, 0.29) is 26.5 Å². The molecule has 0 unspecified atom stereocenters. The van der Waals surface area contributed by atoms with Crippen LogP contribution in [0.25, 0.3) is 11.1 Å². The Hall–Kier alpha value is -0.692. The molecule has 18 heavy (non-hydrogen) atoms. The van der Waals surface area contributed by atoms with Gasteiger partial charge in [0.25, 0.3) is 0 Å². The number of pyridine rings is 1.